The van der Waals surface area contributed by atoms with Crippen LogP contribution in [0.1, 0.15) is 24.6 Å². The van der Waals surface area contributed by atoms with Crippen molar-refractivity contribution in [3.05, 3.63) is 39.8 Å². The van der Waals surface area contributed by atoms with Gasteiger partial charge in [-0.1, -0.05) is 11.8 Å². The van der Waals surface area contributed by atoms with Crippen LogP contribution < -0.4 is 10.9 Å². The van der Waals surface area contributed by atoms with Crippen LogP contribution in [0.5, 0.6) is 0 Å². The van der Waals surface area contributed by atoms with E-state index in [1.54, 1.807) is 4.57 Å². The zero-order chi connectivity index (χ0) is 16.7. The van der Waals surface area contributed by atoms with Gasteiger partial charge < -0.3 is 9.88 Å². The van der Waals surface area contributed by atoms with Gasteiger partial charge >= 0.3 is 0 Å². The van der Waals surface area contributed by atoms with Gasteiger partial charge in [0.1, 0.15) is 5.52 Å². The average Bonchev–Trinajstić information content (AvgIpc) is 2.93. The Morgan fingerprint density at radius 1 is 1.38 bits per heavy atom. The summed E-state index contributed by atoms with van der Waals surface area (Å²) in [5, 5.41) is 12.2. The Labute approximate surface area is 140 Å². The first-order valence-corrected chi connectivity index (χ1v) is 8.40. The summed E-state index contributed by atoms with van der Waals surface area (Å²) in [5.41, 5.74) is 3.45. The fourth-order valence-electron chi connectivity index (χ4n) is 3.27. The molecule has 0 bridgehead atoms. The number of nitrogens with one attached hydrogen (secondary N) is 2. The lowest BCUT2D eigenvalue weighted by molar-refractivity contribution is 0.356. The standard InChI is InChI=1S/C19H20N4O/c1-3-23-16-8-7-13(5-4-6-14-10-20-11-14)9-15(16)18-17(19(23)24)12(2)21-22-18/h7-9,14,20H,3,6,10-11H2,1-2H3,(H,21,22). The summed E-state index contributed by atoms with van der Waals surface area (Å²) in [7, 11) is 0. The molecule has 5 nitrogen and oxygen atoms in total. The molecule has 2 N–H and O–H groups in total. The lowest BCUT2D eigenvalue weighted by Crippen LogP contribution is -2.41. The Balaban J connectivity index is 1.87. The molecule has 0 spiro atoms. The van der Waals surface area contributed by atoms with Gasteiger partial charge in [0, 0.05) is 42.7 Å². The van der Waals surface area contributed by atoms with E-state index in [1.807, 2.05) is 26.0 Å². The maximum absolute atomic E-state index is 12.7. The number of H-pyrrole nitrogens is 1. The van der Waals surface area contributed by atoms with E-state index in [0.717, 1.165) is 47.2 Å². The van der Waals surface area contributed by atoms with Crippen molar-refractivity contribution in [1.29, 1.82) is 0 Å². The fourth-order valence-corrected chi connectivity index (χ4v) is 3.27. The molecule has 0 radical (unpaired) electrons. The quantitative estimate of drug-likeness (QED) is 0.711. The third-order valence-corrected chi connectivity index (χ3v) is 4.75. The van der Waals surface area contributed by atoms with Crippen molar-refractivity contribution < 1.29 is 0 Å². The molecular formula is C19H20N4O. The number of rotatable bonds is 2. The van der Waals surface area contributed by atoms with Crippen molar-refractivity contribution in [2.24, 2.45) is 5.92 Å². The molecule has 0 amide bonds. The molecule has 1 saturated heterocycles. The van der Waals surface area contributed by atoms with Gasteiger partial charge in [-0.2, -0.15) is 5.10 Å². The van der Waals surface area contributed by atoms with Crippen molar-refractivity contribution in [3.8, 4) is 11.8 Å². The first-order valence-electron chi connectivity index (χ1n) is 8.40. The zero-order valence-electron chi connectivity index (χ0n) is 13.9. The van der Waals surface area contributed by atoms with E-state index >= 15 is 0 Å². The Kier molecular flexibility index (Phi) is 3.62. The highest BCUT2D eigenvalue weighted by atomic mass is 16.1. The van der Waals surface area contributed by atoms with E-state index in [-0.39, 0.29) is 5.56 Å². The number of benzene rings is 1. The Bertz CT molecular complexity index is 1040. The molecule has 0 aliphatic carbocycles. The largest absolute Gasteiger partial charge is 0.316 e. The van der Waals surface area contributed by atoms with E-state index in [4.69, 9.17) is 0 Å². The van der Waals surface area contributed by atoms with Gasteiger partial charge in [0.05, 0.1) is 10.9 Å². The van der Waals surface area contributed by atoms with Crippen LogP contribution in [0.25, 0.3) is 21.8 Å². The van der Waals surface area contributed by atoms with Crippen LogP contribution in [-0.2, 0) is 6.54 Å². The highest BCUT2D eigenvalue weighted by Gasteiger charge is 2.15. The van der Waals surface area contributed by atoms with Gasteiger partial charge in [-0.25, -0.2) is 0 Å². The second kappa shape index (κ2) is 5.81. The van der Waals surface area contributed by atoms with Crippen molar-refractivity contribution in [2.75, 3.05) is 13.1 Å². The van der Waals surface area contributed by atoms with Crippen molar-refractivity contribution in [1.82, 2.24) is 20.1 Å². The highest BCUT2D eigenvalue weighted by Crippen LogP contribution is 2.24. The minimum absolute atomic E-state index is 0.0163. The normalized spacial score (nSPS) is 14.6. The molecular weight excluding hydrogens is 300 g/mol. The Morgan fingerprint density at radius 2 is 2.21 bits per heavy atom. The topological polar surface area (TPSA) is 62.7 Å². The predicted octanol–water partition coefficient (Wildman–Crippen LogP) is 2.17. The molecule has 5 heteroatoms. The minimum Gasteiger partial charge on any atom is -0.316 e. The molecule has 0 atom stereocenters. The summed E-state index contributed by atoms with van der Waals surface area (Å²) in [6, 6.07) is 6.03. The number of aromatic nitrogens is 3. The first-order chi connectivity index (χ1) is 11.7. The van der Waals surface area contributed by atoms with Gasteiger partial charge in [0.2, 0.25) is 0 Å². The van der Waals surface area contributed by atoms with E-state index in [0.29, 0.717) is 17.8 Å². The summed E-state index contributed by atoms with van der Waals surface area (Å²) in [6.45, 7) is 6.65. The smallest absolute Gasteiger partial charge is 0.262 e. The third-order valence-electron chi connectivity index (χ3n) is 4.75. The Morgan fingerprint density at radius 3 is 2.92 bits per heavy atom. The highest BCUT2D eigenvalue weighted by molar-refractivity contribution is 6.04. The maximum Gasteiger partial charge on any atom is 0.262 e. The molecule has 2 aromatic heterocycles. The van der Waals surface area contributed by atoms with Gasteiger partial charge in [0.25, 0.3) is 5.56 Å². The molecule has 1 aliphatic heterocycles. The average molecular weight is 320 g/mol. The second-order valence-electron chi connectivity index (χ2n) is 6.38. The van der Waals surface area contributed by atoms with Crippen LogP contribution >= 0.6 is 0 Å². The SMILES string of the molecule is CCn1c(=O)c2c(C)[nH]nc2c2cc(C#CCC3CNC3)ccc21. The van der Waals surface area contributed by atoms with E-state index < -0.39 is 0 Å². The van der Waals surface area contributed by atoms with Crippen LogP contribution in [0.3, 0.4) is 0 Å². The number of aryl methyl sites for hydroxylation is 2. The van der Waals surface area contributed by atoms with Gasteiger partial charge in [-0.3, -0.25) is 9.89 Å². The summed E-state index contributed by atoms with van der Waals surface area (Å²) in [6.07, 6.45) is 0.927. The number of nitrogens with zero attached hydrogens (tertiary/aromatic N) is 2. The fraction of sp³-hybridized carbons (Fsp3) is 0.368. The second-order valence-corrected chi connectivity index (χ2v) is 6.38. The number of pyridine rings is 1. The van der Waals surface area contributed by atoms with E-state index in [9.17, 15) is 4.79 Å². The lowest BCUT2D eigenvalue weighted by Gasteiger charge is -2.24. The lowest BCUT2D eigenvalue weighted by atomic mass is 9.99. The molecule has 122 valence electrons. The molecule has 3 heterocycles. The van der Waals surface area contributed by atoms with Gasteiger partial charge in [0.15, 0.2) is 0 Å². The molecule has 3 aromatic rings. The first kappa shape index (κ1) is 15.0. The summed E-state index contributed by atoms with van der Waals surface area (Å²) >= 11 is 0. The monoisotopic (exact) mass is 320 g/mol. The molecule has 1 fully saturated rings. The van der Waals surface area contributed by atoms with Crippen LogP contribution in [0, 0.1) is 24.7 Å². The molecule has 4 rings (SSSR count). The maximum atomic E-state index is 12.7. The number of fused-ring (bicyclic) bond motifs is 3. The third kappa shape index (κ3) is 2.31. The molecule has 0 unspecified atom stereocenters. The van der Waals surface area contributed by atoms with Crippen molar-refractivity contribution >= 4 is 21.8 Å². The van der Waals surface area contributed by atoms with Crippen LogP contribution in [0.2, 0.25) is 0 Å². The van der Waals surface area contributed by atoms with Crippen LogP contribution in [-0.4, -0.2) is 27.9 Å². The van der Waals surface area contributed by atoms with Crippen molar-refractivity contribution in [3.63, 3.8) is 0 Å². The summed E-state index contributed by atoms with van der Waals surface area (Å²) < 4.78 is 1.80. The molecule has 1 aliphatic rings. The van der Waals surface area contributed by atoms with E-state index in [1.165, 1.54) is 0 Å². The van der Waals surface area contributed by atoms with Gasteiger partial charge in [-0.05, 0) is 38.0 Å². The molecule has 0 saturated carbocycles. The number of hydrogen-bond donors (Lipinski definition) is 2. The number of hydrogen-bond acceptors (Lipinski definition) is 3. The summed E-state index contributed by atoms with van der Waals surface area (Å²) in [5.74, 6) is 7.22. The van der Waals surface area contributed by atoms with Crippen LogP contribution in [0.15, 0.2) is 23.0 Å². The Hall–Kier alpha value is -2.58. The molecule has 24 heavy (non-hydrogen) atoms. The van der Waals surface area contributed by atoms with Crippen molar-refractivity contribution in [2.45, 2.75) is 26.8 Å². The molecule has 1 aromatic carbocycles. The summed E-state index contributed by atoms with van der Waals surface area (Å²) in [4.78, 5) is 12.7. The van der Waals surface area contributed by atoms with Crippen LogP contribution in [0.4, 0.5) is 0 Å². The van der Waals surface area contributed by atoms with E-state index in [2.05, 4.69) is 33.4 Å². The minimum atomic E-state index is 0.0163. The zero-order valence-corrected chi connectivity index (χ0v) is 13.9. The predicted molar refractivity (Wildman–Crippen MR) is 96.1 cm³/mol. The number of aromatic amines is 1. The van der Waals surface area contributed by atoms with Gasteiger partial charge in [-0.15, -0.1) is 0 Å².